The lowest BCUT2D eigenvalue weighted by Gasteiger charge is -2.15. The maximum atomic E-state index is 9.87. The maximum absolute atomic E-state index is 9.87. The molecule has 88 valence electrons. The van der Waals surface area contributed by atoms with Gasteiger partial charge in [0.2, 0.25) is 0 Å². The fourth-order valence-corrected chi connectivity index (χ4v) is 2.36. The zero-order valence-electron chi connectivity index (χ0n) is 9.16. The van der Waals surface area contributed by atoms with Crippen LogP contribution in [-0.2, 0) is 0 Å². The van der Waals surface area contributed by atoms with Gasteiger partial charge < -0.3 is 10.2 Å². The lowest BCUT2D eigenvalue weighted by Crippen LogP contribution is -2.18. The van der Waals surface area contributed by atoms with Crippen LogP contribution in [0.1, 0.15) is 28.1 Å². The van der Waals surface area contributed by atoms with E-state index in [0.717, 1.165) is 10.7 Å². The van der Waals surface area contributed by atoms with E-state index in [0.29, 0.717) is 4.88 Å². The number of thiazole rings is 1. The van der Waals surface area contributed by atoms with Gasteiger partial charge >= 0.3 is 0 Å². The Morgan fingerprint density at radius 2 is 2.19 bits per heavy atom. The Kier molecular flexibility index (Phi) is 4.70. The summed E-state index contributed by atoms with van der Waals surface area (Å²) in [4.78, 5) is 7.43. The molecular formula is C9H14N4O2S. The minimum Gasteiger partial charge on any atom is -0.390 e. The Morgan fingerprint density at radius 3 is 2.69 bits per heavy atom. The van der Waals surface area contributed by atoms with Crippen molar-refractivity contribution in [1.82, 2.24) is 4.98 Å². The van der Waals surface area contributed by atoms with Crippen molar-refractivity contribution in [2.75, 3.05) is 6.54 Å². The summed E-state index contributed by atoms with van der Waals surface area (Å²) in [6.07, 6.45) is -1.65. The van der Waals surface area contributed by atoms with E-state index in [1.807, 2.05) is 6.92 Å². The topological polar surface area (TPSA) is 102 Å². The number of aryl methyl sites for hydroxylation is 2. The zero-order valence-corrected chi connectivity index (χ0v) is 9.98. The number of aliphatic hydroxyl groups is 2. The molecule has 2 atom stereocenters. The first kappa shape index (κ1) is 12.9. The van der Waals surface area contributed by atoms with Gasteiger partial charge in [0.15, 0.2) is 0 Å². The average molecular weight is 242 g/mol. The number of rotatable bonds is 5. The van der Waals surface area contributed by atoms with Crippen molar-refractivity contribution in [1.29, 1.82) is 0 Å². The molecule has 0 spiro atoms. The summed E-state index contributed by atoms with van der Waals surface area (Å²) in [6.45, 7) is 3.81. The Morgan fingerprint density at radius 1 is 1.50 bits per heavy atom. The molecule has 2 unspecified atom stereocenters. The standard InChI is InChI=1S/C9H14N4O2S/c1-5-9(16-6(2)12-5)8(15)7(14)3-4-11-13-10/h7-8,14-15H,3-4H2,1-2H3. The molecule has 1 heterocycles. The van der Waals surface area contributed by atoms with Gasteiger partial charge in [0, 0.05) is 11.5 Å². The first-order valence-corrected chi connectivity index (χ1v) is 5.68. The molecule has 0 aliphatic heterocycles. The second-order valence-electron chi connectivity index (χ2n) is 3.44. The van der Waals surface area contributed by atoms with Crippen LogP contribution < -0.4 is 0 Å². The minimum atomic E-state index is -0.958. The van der Waals surface area contributed by atoms with Crippen LogP contribution in [0.4, 0.5) is 0 Å². The van der Waals surface area contributed by atoms with Crippen LogP contribution in [-0.4, -0.2) is 27.8 Å². The van der Waals surface area contributed by atoms with Gasteiger partial charge in [-0.25, -0.2) is 4.98 Å². The molecule has 0 radical (unpaired) electrons. The number of nitrogens with zero attached hydrogens (tertiary/aromatic N) is 4. The van der Waals surface area contributed by atoms with E-state index < -0.39 is 12.2 Å². The van der Waals surface area contributed by atoms with Crippen LogP contribution in [0.25, 0.3) is 10.4 Å². The number of hydrogen-bond donors (Lipinski definition) is 2. The van der Waals surface area contributed by atoms with E-state index >= 15 is 0 Å². The maximum Gasteiger partial charge on any atom is 0.116 e. The van der Waals surface area contributed by atoms with Gasteiger partial charge in [-0.3, -0.25) is 0 Å². The highest BCUT2D eigenvalue weighted by molar-refractivity contribution is 7.11. The van der Waals surface area contributed by atoms with E-state index in [-0.39, 0.29) is 13.0 Å². The highest BCUT2D eigenvalue weighted by atomic mass is 32.1. The first-order valence-electron chi connectivity index (χ1n) is 4.87. The van der Waals surface area contributed by atoms with E-state index in [9.17, 15) is 10.2 Å². The molecule has 0 fully saturated rings. The number of azide groups is 1. The van der Waals surface area contributed by atoms with Crippen molar-refractivity contribution in [3.63, 3.8) is 0 Å². The van der Waals surface area contributed by atoms with Gasteiger partial charge in [-0.05, 0) is 25.8 Å². The third kappa shape index (κ3) is 3.18. The molecule has 1 aromatic rings. The molecular weight excluding hydrogens is 228 g/mol. The van der Waals surface area contributed by atoms with Crippen LogP contribution in [0.2, 0.25) is 0 Å². The highest BCUT2D eigenvalue weighted by Crippen LogP contribution is 2.27. The summed E-state index contributed by atoms with van der Waals surface area (Å²) in [6, 6.07) is 0. The van der Waals surface area contributed by atoms with E-state index in [4.69, 9.17) is 5.53 Å². The molecule has 1 rings (SSSR count). The van der Waals surface area contributed by atoms with Gasteiger partial charge in [-0.1, -0.05) is 5.11 Å². The second-order valence-corrected chi connectivity index (χ2v) is 4.67. The molecule has 1 aromatic heterocycles. The monoisotopic (exact) mass is 242 g/mol. The zero-order chi connectivity index (χ0) is 12.1. The van der Waals surface area contributed by atoms with Gasteiger partial charge in [0.25, 0.3) is 0 Å². The average Bonchev–Trinajstić information content (AvgIpc) is 2.57. The Bertz CT molecular complexity index is 400. The summed E-state index contributed by atoms with van der Waals surface area (Å²) in [5.41, 5.74) is 8.82. The van der Waals surface area contributed by atoms with Crippen molar-refractivity contribution < 1.29 is 10.2 Å². The normalized spacial score (nSPS) is 14.2. The Labute approximate surface area is 97.2 Å². The Hall–Kier alpha value is -1.14. The predicted octanol–water partition coefficient (Wildman–Crippen LogP) is 1.85. The number of aliphatic hydroxyl groups excluding tert-OH is 2. The van der Waals surface area contributed by atoms with Gasteiger partial charge in [-0.15, -0.1) is 11.3 Å². The van der Waals surface area contributed by atoms with Crippen molar-refractivity contribution in [3.8, 4) is 0 Å². The fourth-order valence-electron chi connectivity index (χ4n) is 1.39. The molecule has 0 amide bonds. The lowest BCUT2D eigenvalue weighted by atomic mass is 10.1. The molecule has 0 bridgehead atoms. The largest absolute Gasteiger partial charge is 0.390 e. The molecule has 0 aliphatic rings. The van der Waals surface area contributed by atoms with E-state index in [1.165, 1.54) is 11.3 Å². The quantitative estimate of drug-likeness (QED) is 0.468. The summed E-state index contributed by atoms with van der Waals surface area (Å²) in [5.74, 6) is 0. The molecule has 0 aliphatic carbocycles. The van der Waals surface area contributed by atoms with Gasteiger partial charge in [-0.2, -0.15) is 0 Å². The molecule has 0 aromatic carbocycles. The number of hydrogen-bond acceptors (Lipinski definition) is 5. The SMILES string of the molecule is Cc1nc(C)c(C(O)C(O)CCN=[N+]=[N-])s1. The molecule has 0 saturated carbocycles. The van der Waals surface area contributed by atoms with Crippen LogP contribution in [0.15, 0.2) is 5.11 Å². The van der Waals surface area contributed by atoms with Crippen molar-refractivity contribution in [2.24, 2.45) is 5.11 Å². The molecule has 0 saturated heterocycles. The van der Waals surface area contributed by atoms with Crippen LogP contribution in [0.5, 0.6) is 0 Å². The lowest BCUT2D eigenvalue weighted by molar-refractivity contribution is 0.0167. The highest BCUT2D eigenvalue weighted by Gasteiger charge is 2.22. The van der Waals surface area contributed by atoms with Gasteiger partial charge in [0.1, 0.15) is 6.10 Å². The summed E-state index contributed by atoms with van der Waals surface area (Å²) in [5, 5.41) is 23.7. The van der Waals surface area contributed by atoms with Crippen molar-refractivity contribution in [2.45, 2.75) is 32.5 Å². The minimum absolute atomic E-state index is 0.172. The van der Waals surface area contributed by atoms with Crippen molar-refractivity contribution in [3.05, 3.63) is 26.0 Å². The number of aromatic nitrogens is 1. The Balaban J connectivity index is 2.66. The summed E-state index contributed by atoms with van der Waals surface area (Å²) in [7, 11) is 0. The molecule has 7 heteroatoms. The third-order valence-electron chi connectivity index (χ3n) is 2.16. The van der Waals surface area contributed by atoms with Crippen LogP contribution in [0.3, 0.4) is 0 Å². The summed E-state index contributed by atoms with van der Waals surface area (Å²) >= 11 is 1.37. The van der Waals surface area contributed by atoms with E-state index in [2.05, 4.69) is 15.0 Å². The van der Waals surface area contributed by atoms with E-state index in [1.54, 1.807) is 6.92 Å². The molecule has 2 N–H and O–H groups in total. The summed E-state index contributed by atoms with van der Waals surface area (Å²) < 4.78 is 0. The van der Waals surface area contributed by atoms with Crippen LogP contribution >= 0.6 is 11.3 Å². The first-order chi connectivity index (χ1) is 7.56. The third-order valence-corrected chi connectivity index (χ3v) is 3.30. The van der Waals surface area contributed by atoms with Crippen LogP contribution in [0, 0.1) is 13.8 Å². The second kappa shape index (κ2) is 5.81. The van der Waals surface area contributed by atoms with Crippen molar-refractivity contribution >= 4 is 11.3 Å². The molecule has 6 nitrogen and oxygen atoms in total. The van der Waals surface area contributed by atoms with Gasteiger partial charge in [0.05, 0.1) is 21.7 Å². The molecule has 16 heavy (non-hydrogen) atoms. The fraction of sp³-hybridized carbons (Fsp3) is 0.667. The smallest absolute Gasteiger partial charge is 0.116 e. The predicted molar refractivity (Wildman–Crippen MR) is 61.2 cm³/mol.